The van der Waals surface area contributed by atoms with Crippen molar-refractivity contribution in [3.8, 4) is 5.75 Å². The predicted molar refractivity (Wildman–Crippen MR) is 124 cm³/mol. The molecule has 0 bridgehead atoms. The highest BCUT2D eigenvalue weighted by atomic mass is 16.5. The third-order valence-electron chi connectivity index (χ3n) is 4.99. The fourth-order valence-corrected chi connectivity index (χ4v) is 3.37. The van der Waals surface area contributed by atoms with Crippen LogP contribution in [0.25, 0.3) is 0 Å². The summed E-state index contributed by atoms with van der Waals surface area (Å²) in [6, 6.07) is 28.0. The molecule has 5 nitrogen and oxygen atoms in total. The molecule has 30 heavy (non-hydrogen) atoms. The molecule has 0 saturated carbocycles. The Kier molecular flexibility index (Phi) is 6.40. The van der Waals surface area contributed by atoms with Crippen LogP contribution < -0.4 is 10.1 Å². The van der Waals surface area contributed by atoms with Gasteiger partial charge in [0.25, 0.3) is 0 Å². The summed E-state index contributed by atoms with van der Waals surface area (Å²) in [6.07, 6.45) is 2.33. The molecule has 0 radical (unpaired) electrons. The molecular formula is C25H26N4O. The van der Waals surface area contributed by atoms with Gasteiger partial charge in [-0.1, -0.05) is 48.5 Å². The fraction of sp³-hybridized carbons (Fsp3) is 0.200. The van der Waals surface area contributed by atoms with Gasteiger partial charge < -0.3 is 15.0 Å². The maximum absolute atomic E-state index is 5.27. The number of benzene rings is 3. The van der Waals surface area contributed by atoms with Crippen LogP contribution >= 0.6 is 0 Å². The minimum absolute atomic E-state index is 0.735. The minimum atomic E-state index is 0.735. The maximum atomic E-state index is 5.27. The van der Waals surface area contributed by atoms with E-state index in [0.29, 0.717) is 0 Å². The fourth-order valence-electron chi connectivity index (χ4n) is 3.37. The molecule has 0 aromatic heterocycles. The third-order valence-corrected chi connectivity index (χ3v) is 4.99. The molecule has 0 amide bonds. The summed E-state index contributed by atoms with van der Waals surface area (Å²) in [5.74, 6) is 2.32. The lowest BCUT2D eigenvalue weighted by molar-refractivity contribution is 0.415. The number of guanidine groups is 1. The van der Waals surface area contributed by atoms with Gasteiger partial charge in [0.1, 0.15) is 11.6 Å². The lowest BCUT2D eigenvalue weighted by atomic mass is 10.2. The highest BCUT2D eigenvalue weighted by Gasteiger charge is 2.17. The van der Waals surface area contributed by atoms with Crippen LogP contribution in [0.1, 0.15) is 18.4 Å². The Morgan fingerprint density at radius 3 is 2.10 bits per heavy atom. The van der Waals surface area contributed by atoms with Crippen LogP contribution in [0, 0.1) is 0 Å². The van der Waals surface area contributed by atoms with E-state index in [1.807, 2.05) is 72.8 Å². The Labute approximate surface area is 177 Å². The van der Waals surface area contributed by atoms with Crippen LogP contribution in [-0.2, 0) is 0 Å². The van der Waals surface area contributed by atoms with Gasteiger partial charge in [0.05, 0.1) is 12.8 Å². The summed E-state index contributed by atoms with van der Waals surface area (Å²) in [7, 11) is 1.67. The van der Waals surface area contributed by atoms with E-state index >= 15 is 0 Å². The Bertz CT molecular complexity index is 992. The summed E-state index contributed by atoms with van der Waals surface area (Å²) >= 11 is 0. The van der Waals surface area contributed by atoms with Gasteiger partial charge in [0.15, 0.2) is 0 Å². The van der Waals surface area contributed by atoms with Crippen molar-refractivity contribution >= 4 is 23.2 Å². The van der Waals surface area contributed by atoms with Crippen molar-refractivity contribution in [3.63, 3.8) is 0 Å². The topological polar surface area (TPSA) is 49.2 Å². The first-order valence-corrected chi connectivity index (χ1v) is 10.3. The molecule has 0 aliphatic carbocycles. The van der Waals surface area contributed by atoms with Crippen molar-refractivity contribution in [1.82, 2.24) is 4.90 Å². The number of rotatable bonds is 4. The quantitative estimate of drug-likeness (QED) is 0.477. The zero-order chi connectivity index (χ0) is 20.6. The van der Waals surface area contributed by atoms with Crippen LogP contribution in [0.2, 0.25) is 0 Å². The van der Waals surface area contributed by atoms with E-state index in [9.17, 15) is 0 Å². The number of anilines is 1. The summed E-state index contributed by atoms with van der Waals surface area (Å²) in [4.78, 5) is 12.1. The third kappa shape index (κ3) is 5.06. The van der Waals surface area contributed by atoms with Gasteiger partial charge in [-0.2, -0.15) is 4.99 Å². The van der Waals surface area contributed by atoms with Gasteiger partial charge in [-0.25, -0.2) is 4.99 Å². The molecule has 5 heteroatoms. The second-order valence-electron chi connectivity index (χ2n) is 7.12. The SMILES string of the molecule is COc1ccc(N/C(=N/C(=N/c2ccccc2)N2CCCC2)c2ccccc2)cc1. The monoisotopic (exact) mass is 398 g/mol. The maximum Gasteiger partial charge on any atom is 0.227 e. The molecule has 0 atom stereocenters. The average Bonchev–Trinajstić information content (AvgIpc) is 3.35. The summed E-state index contributed by atoms with van der Waals surface area (Å²) < 4.78 is 5.27. The average molecular weight is 399 g/mol. The molecule has 152 valence electrons. The van der Waals surface area contributed by atoms with Gasteiger partial charge in [-0.15, -0.1) is 0 Å². The number of methoxy groups -OCH3 is 1. The van der Waals surface area contributed by atoms with Crippen LogP contribution in [0.5, 0.6) is 5.75 Å². The molecule has 1 aliphatic heterocycles. The van der Waals surface area contributed by atoms with E-state index in [1.54, 1.807) is 7.11 Å². The zero-order valence-corrected chi connectivity index (χ0v) is 17.2. The normalized spacial score (nSPS) is 14.6. The molecule has 0 spiro atoms. The summed E-state index contributed by atoms with van der Waals surface area (Å²) in [6.45, 7) is 1.94. The van der Waals surface area contributed by atoms with Gasteiger partial charge in [-0.3, -0.25) is 0 Å². The van der Waals surface area contributed by atoms with Crippen LogP contribution in [0.4, 0.5) is 11.4 Å². The van der Waals surface area contributed by atoms with E-state index in [0.717, 1.165) is 60.4 Å². The van der Waals surface area contributed by atoms with E-state index in [2.05, 4.69) is 22.3 Å². The van der Waals surface area contributed by atoms with Gasteiger partial charge in [0.2, 0.25) is 5.96 Å². The van der Waals surface area contributed by atoms with E-state index in [4.69, 9.17) is 14.7 Å². The first-order chi connectivity index (χ1) is 14.8. The predicted octanol–water partition coefficient (Wildman–Crippen LogP) is 5.34. The second-order valence-corrected chi connectivity index (χ2v) is 7.12. The largest absolute Gasteiger partial charge is 0.497 e. The van der Waals surface area contributed by atoms with Gasteiger partial charge in [-0.05, 0) is 49.2 Å². The highest BCUT2D eigenvalue weighted by Crippen LogP contribution is 2.19. The van der Waals surface area contributed by atoms with Crippen molar-refractivity contribution in [1.29, 1.82) is 0 Å². The number of amidine groups is 1. The molecule has 1 aliphatic rings. The number of ether oxygens (including phenoxy) is 1. The van der Waals surface area contributed by atoms with Gasteiger partial charge in [0, 0.05) is 24.3 Å². The van der Waals surface area contributed by atoms with E-state index < -0.39 is 0 Å². The number of para-hydroxylation sites is 1. The smallest absolute Gasteiger partial charge is 0.227 e. The second kappa shape index (κ2) is 9.74. The molecule has 0 unspecified atom stereocenters. The Morgan fingerprint density at radius 1 is 0.833 bits per heavy atom. The molecule has 1 heterocycles. The molecule has 3 aromatic rings. The van der Waals surface area contributed by atoms with Crippen LogP contribution in [0.3, 0.4) is 0 Å². The van der Waals surface area contributed by atoms with Crippen molar-refractivity contribution in [3.05, 3.63) is 90.5 Å². The van der Waals surface area contributed by atoms with Crippen LogP contribution in [0.15, 0.2) is 94.9 Å². The first kappa shape index (κ1) is 19.7. The van der Waals surface area contributed by atoms with Crippen molar-refractivity contribution in [2.75, 3.05) is 25.5 Å². The van der Waals surface area contributed by atoms with Crippen molar-refractivity contribution in [2.24, 2.45) is 9.98 Å². The summed E-state index contributed by atoms with van der Waals surface area (Å²) in [5.41, 5.74) is 2.85. The molecule has 1 fully saturated rings. The Hall–Kier alpha value is -3.60. The minimum Gasteiger partial charge on any atom is -0.497 e. The lowest BCUT2D eigenvalue weighted by Gasteiger charge is -2.19. The van der Waals surface area contributed by atoms with E-state index in [1.165, 1.54) is 0 Å². The number of aliphatic imine (C=N–C) groups is 2. The number of hydrogen-bond donors (Lipinski definition) is 1. The first-order valence-electron chi connectivity index (χ1n) is 10.3. The molecule has 1 saturated heterocycles. The standard InChI is InChI=1S/C25H26N4O/c1-30-23-16-14-22(15-17-23)26-24(20-10-4-2-5-11-20)28-25(29-18-8-9-19-29)27-21-12-6-3-7-13-21/h2-7,10-17H,8-9,18-19H2,1H3,(H,26,27,28). The molecule has 1 N–H and O–H groups in total. The number of hydrogen-bond acceptors (Lipinski definition) is 2. The zero-order valence-electron chi connectivity index (χ0n) is 17.2. The Balaban J connectivity index is 1.73. The Morgan fingerprint density at radius 2 is 1.47 bits per heavy atom. The van der Waals surface area contributed by atoms with Crippen molar-refractivity contribution in [2.45, 2.75) is 12.8 Å². The number of nitrogens with zero attached hydrogens (tertiary/aromatic N) is 3. The molecule has 3 aromatic carbocycles. The lowest BCUT2D eigenvalue weighted by Crippen LogP contribution is -2.28. The number of nitrogens with one attached hydrogen (secondary N) is 1. The molecule has 4 rings (SSSR count). The number of likely N-dealkylation sites (tertiary alicyclic amines) is 1. The van der Waals surface area contributed by atoms with E-state index in [-0.39, 0.29) is 0 Å². The summed E-state index contributed by atoms with van der Waals surface area (Å²) in [5, 5.41) is 3.47. The van der Waals surface area contributed by atoms with Crippen LogP contribution in [-0.4, -0.2) is 36.9 Å². The highest BCUT2D eigenvalue weighted by molar-refractivity contribution is 6.13. The molecular weight excluding hydrogens is 372 g/mol. The van der Waals surface area contributed by atoms with Gasteiger partial charge >= 0.3 is 0 Å². The van der Waals surface area contributed by atoms with Crippen molar-refractivity contribution < 1.29 is 4.74 Å².